The van der Waals surface area contributed by atoms with Gasteiger partial charge in [-0.05, 0) is 6.04 Å². The second-order valence-electron chi connectivity index (χ2n) is 2.30. The fourth-order valence-electron chi connectivity index (χ4n) is 0.577. The van der Waals surface area contributed by atoms with Crippen LogP contribution in [0.4, 0.5) is 0 Å². The van der Waals surface area contributed by atoms with Gasteiger partial charge in [0.25, 0.3) is 0 Å². The third-order valence-electron chi connectivity index (χ3n) is 0.577. The highest BCUT2D eigenvalue weighted by atomic mass is 28.3. The van der Waals surface area contributed by atoms with Gasteiger partial charge in [0.05, 0.1) is 0 Å². The molecule has 0 aromatic heterocycles. The molecule has 0 bridgehead atoms. The second-order valence-corrected chi connectivity index (χ2v) is 4.59. The lowest BCUT2D eigenvalue weighted by Crippen LogP contribution is -2.33. The van der Waals surface area contributed by atoms with Crippen LogP contribution in [0, 0.1) is 0 Å². The first-order valence-corrected chi connectivity index (χ1v) is 5.19. The summed E-state index contributed by atoms with van der Waals surface area (Å²) in [4.78, 5) is 3.41. The van der Waals surface area contributed by atoms with Gasteiger partial charge in [-0.2, -0.15) is 0 Å². The van der Waals surface area contributed by atoms with Crippen LogP contribution in [-0.4, -0.2) is 15.0 Å². The molecule has 0 spiro atoms. The van der Waals surface area contributed by atoms with E-state index in [0.29, 0.717) is 6.04 Å². The Hall–Kier alpha value is 0.177. The van der Waals surface area contributed by atoms with E-state index in [0.717, 1.165) is 0 Å². The monoisotopic (exact) mass is 116 g/mol. The van der Waals surface area contributed by atoms with E-state index < -0.39 is 0 Å². The lowest BCUT2D eigenvalue weighted by molar-refractivity contribution is 0.746. The predicted octanol–water partition coefficient (Wildman–Crippen LogP) is 1.24. The Kier molecular flexibility index (Phi) is 3.30. The number of hydrogen-bond acceptors (Lipinski definition) is 1. The molecule has 0 heterocycles. The van der Waals surface area contributed by atoms with Crippen molar-refractivity contribution < 1.29 is 0 Å². The zero-order chi connectivity index (χ0) is 5.86. The van der Waals surface area contributed by atoms with Gasteiger partial charge in [-0.3, -0.25) is 0 Å². The maximum absolute atomic E-state index is 3.41. The molecule has 1 radical (unpaired) electrons. The Balaban J connectivity index is 2.95. The number of rotatable bonds is 2. The molecule has 43 valence electrons. The Labute approximate surface area is 47.8 Å². The minimum absolute atomic E-state index is 0.184. The molecule has 0 unspecified atom stereocenters. The molecule has 0 aromatic rings. The Morgan fingerprint density at radius 2 is 1.71 bits per heavy atom. The lowest BCUT2D eigenvalue weighted by Gasteiger charge is -2.08. The van der Waals surface area contributed by atoms with E-state index in [9.17, 15) is 0 Å². The van der Waals surface area contributed by atoms with Crippen LogP contribution >= 0.6 is 0 Å². The third-order valence-corrected chi connectivity index (χ3v) is 1.73. The van der Waals surface area contributed by atoms with Crippen molar-refractivity contribution in [2.24, 2.45) is 0 Å². The summed E-state index contributed by atoms with van der Waals surface area (Å²) in [6, 6.07) is 0.670. The van der Waals surface area contributed by atoms with E-state index in [1.165, 1.54) is 0 Å². The Bertz CT molecular complexity index is 37.3. The van der Waals surface area contributed by atoms with E-state index in [2.05, 4.69) is 31.9 Å². The smallest absolute Gasteiger partial charge is 0.127 e. The molecule has 0 aromatic carbocycles. The fraction of sp³-hybridized carbons (Fsp3) is 1.00. The van der Waals surface area contributed by atoms with Gasteiger partial charge in [-0.15, -0.1) is 0 Å². The first-order valence-electron chi connectivity index (χ1n) is 2.69. The maximum atomic E-state index is 3.41. The zero-order valence-electron chi connectivity index (χ0n) is 5.58. The molecular weight excluding hydrogens is 102 g/mol. The average Bonchev–Trinajstić information content (AvgIpc) is 1.27. The molecule has 0 aliphatic heterocycles. The summed E-state index contributed by atoms with van der Waals surface area (Å²) in [6.45, 7) is 8.87. The average molecular weight is 116 g/mol. The van der Waals surface area contributed by atoms with Crippen LogP contribution in [-0.2, 0) is 0 Å². The molecule has 7 heavy (non-hydrogen) atoms. The highest BCUT2D eigenvalue weighted by Gasteiger charge is 1.95. The molecule has 0 aliphatic carbocycles. The molecular formula is C5H14NSi. The van der Waals surface area contributed by atoms with Gasteiger partial charge in [-0.1, -0.05) is 26.9 Å². The quantitative estimate of drug-likeness (QED) is 0.535. The van der Waals surface area contributed by atoms with Crippen molar-refractivity contribution in [1.82, 2.24) is 4.98 Å². The minimum atomic E-state index is -0.184. The second kappa shape index (κ2) is 3.21. The lowest BCUT2D eigenvalue weighted by atomic mass is 10.4. The van der Waals surface area contributed by atoms with Crippen LogP contribution < -0.4 is 4.98 Å². The number of nitrogens with one attached hydrogen (secondary N) is 1. The molecule has 2 heteroatoms. The van der Waals surface area contributed by atoms with Gasteiger partial charge >= 0.3 is 0 Å². The van der Waals surface area contributed by atoms with E-state index in [1.807, 2.05) is 0 Å². The predicted molar refractivity (Wildman–Crippen MR) is 35.8 cm³/mol. The Morgan fingerprint density at radius 1 is 1.29 bits per heavy atom. The molecule has 0 atom stereocenters. The van der Waals surface area contributed by atoms with E-state index in [-0.39, 0.29) is 8.96 Å². The van der Waals surface area contributed by atoms with Crippen molar-refractivity contribution in [3.05, 3.63) is 0 Å². The van der Waals surface area contributed by atoms with Crippen LogP contribution in [0.1, 0.15) is 13.8 Å². The van der Waals surface area contributed by atoms with E-state index in [4.69, 9.17) is 0 Å². The standard InChI is InChI=1S/C5H14NSi/c1-5(2)6-7(3)4/h5-6H,1-4H3. The van der Waals surface area contributed by atoms with Crippen LogP contribution in [0.2, 0.25) is 13.1 Å². The normalized spacial score (nSPS) is 11.1. The van der Waals surface area contributed by atoms with Gasteiger partial charge in [-0.25, -0.2) is 0 Å². The van der Waals surface area contributed by atoms with Crippen LogP contribution in [0.3, 0.4) is 0 Å². The van der Waals surface area contributed by atoms with Gasteiger partial charge in [0.1, 0.15) is 8.96 Å². The van der Waals surface area contributed by atoms with E-state index >= 15 is 0 Å². The molecule has 1 nitrogen and oxygen atoms in total. The SMILES string of the molecule is CC(C)N[Si](C)C. The first-order chi connectivity index (χ1) is 3.13. The van der Waals surface area contributed by atoms with Crippen molar-refractivity contribution in [3.63, 3.8) is 0 Å². The summed E-state index contributed by atoms with van der Waals surface area (Å²) in [6.07, 6.45) is 0. The maximum Gasteiger partial charge on any atom is 0.127 e. The van der Waals surface area contributed by atoms with Crippen molar-refractivity contribution in [3.8, 4) is 0 Å². The highest BCUT2D eigenvalue weighted by Crippen LogP contribution is 1.78. The molecule has 0 saturated carbocycles. The van der Waals surface area contributed by atoms with E-state index in [1.54, 1.807) is 0 Å². The molecule has 0 rings (SSSR count). The van der Waals surface area contributed by atoms with Gasteiger partial charge in [0.15, 0.2) is 0 Å². The Morgan fingerprint density at radius 3 is 1.71 bits per heavy atom. The summed E-state index contributed by atoms with van der Waals surface area (Å²) < 4.78 is 0. The van der Waals surface area contributed by atoms with Gasteiger partial charge < -0.3 is 4.98 Å². The van der Waals surface area contributed by atoms with Gasteiger partial charge in [0.2, 0.25) is 0 Å². The topological polar surface area (TPSA) is 12.0 Å². The minimum Gasteiger partial charge on any atom is -0.336 e. The molecule has 0 amide bonds. The summed E-state index contributed by atoms with van der Waals surface area (Å²) in [5, 5.41) is 0. The van der Waals surface area contributed by atoms with Crippen molar-refractivity contribution in [2.75, 3.05) is 0 Å². The molecule has 0 saturated heterocycles. The van der Waals surface area contributed by atoms with Crippen LogP contribution in [0.25, 0.3) is 0 Å². The summed E-state index contributed by atoms with van der Waals surface area (Å²) in [7, 11) is -0.184. The van der Waals surface area contributed by atoms with Crippen molar-refractivity contribution >= 4 is 8.96 Å². The highest BCUT2D eigenvalue weighted by molar-refractivity contribution is 6.52. The van der Waals surface area contributed by atoms with Crippen LogP contribution in [0.15, 0.2) is 0 Å². The molecule has 0 fully saturated rings. The number of hydrogen-bond donors (Lipinski definition) is 1. The fourth-order valence-corrected chi connectivity index (χ4v) is 1.73. The summed E-state index contributed by atoms with van der Waals surface area (Å²) >= 11 is 0. The van der Waals surface area contributed by atoms with Gasteiger partial charge in [0, 0.05) is 0 Å². The van der Waals surface area contributed by atoms with Crippen molar-refractivity contribution in [2.45, 2.75) is 33.0 Å². The van der Waals surface area contributed by atoms with Crippen LogP contribution in [0.5, 0.6) is 0 Å². The summed E-state index contributed by atoms with van der Waals surface area (Å²) in [5.74, 6) is 0. The first kappa shape index (κ1) is 7.18. The zero-order valence-corrected chi connectivity index (χ0v) is 6.58. The molecule has 1 N–H and O–H groups in total. The third kappa shape index (κ3) is 6.18. The van der Waals surface area contributed by atoms with Crippen molar-refractivity contribution in [1.29, 1.82) is 0 Å². The molecule has 0 aliphatic rings. The summed E-state index contributed by atoms with van der Waals surface area (Å²) in [5.41, 5.74) is 0. The largest absolute Gasteiger partial charge is 0.336 e.